The van der Waals surface area contributed by atoms with Gasteiger partial charge < -0.3 is 5.32 Å². The lowest BCUT2D eigenvalue weighted by Gasteiger charge is -2.05. The summed E-state index contributed by atoms with van der Waals surface area (Å²) in [6, 6.07) is 21.7. The number of aromatic nitrogens is 1. The molecular weight excluding hydrogens is 452 g/mol. The molecule has 0 radical (unpaired) electrons. The average molecular weight is 469 g/mol. The van der Waals surface area contributed by atoms with Gasteiger partial charge in [-0.05, 0) is 55.0 Å². The fourth-order valence-electron chi connectivity index (χ4n) is 2.68. The smallest absolute Gasteiger partial charge is 0.255 e. The highest BCUT2D eigenvalue weighted by Crippen LogP contribution is 2.33. The van der Waals surface area contributed by atoms with Gasteiger partial charge in [-0.1, -0.05) is 57.5 Å². The van der Waals surface area contributed by atoms with Gasteiger partial charge in [0, 0.05) is 21.5 Å². The highest BCUT2D eigenvalue weighted by molar-refractivity contribution is 9.10. The van der Waals surface area contributed by atoms with E-state index in [4.69, 9.17) is 4.98 Å². The van der Waals surface area contributed by atoms with E-state index in [9.17, 15) is 4.79 Å². The number of halogens is 1. The molecule has 0 unspecified atom stereocenters. The van der Waals surface area contributed by atoms with Crippen molar-refractivity contribution in [2.75, 3.05) is 5.32 Å². The van der Waals surface area contributed by atoms with Crippen LogP contribution in [-0.4, -0.2) is 10.9 Å². The molecule has 0 bridgehead atoms. The topological polar surface area (TPSA) is 42.0 Å². The van der Waals surface area contributed by atoms with Gasteiger partial charge in [0.25, 0.3) is 5.91 Å². The van der Waals surface area contributed by atoms with E-state index in [-0.39, 0.29) is 5.91 Å². The van der Waals surface area contributed by atoms with Crippen LogP contribution in [-0.2, 0) is 5.75 Å². The first-order valence-electron chi connectivity index (χ1n) is 8.73. The summed E-state index contributed by atoms with van der Waals surface area (Å²) in [6.45, 7) is 2.01. The number of benzene rings is 3. The summed E-state index contributed by atoms with van der Waals surface area (Å²) < 4.78 is 3.18. The molecule has 0 saturated heterocycles. The molecule has 0 aliphatic carbocycles. The summed E-state index contributed by atoms with van der Waals surface area (Å²) in [7, 11) is 0. The number of carbonyl (C=O) groups is 1. The SMILES string of the molecule is Cc1ccc(C(=O)Nc2ccc3nc(SCc4ccc(Br)cc4)sc3c2)cc1. The quantitative estimate of drug-likeness (QED) is 0.323. The molecule has 0 aliphatic heterocycles. The Labute approximate surface area is 180 Å². The molecule has 0 atom stereocenters. The number of aryl methyl sites for hydroxylation is 1. The van der Waals surface area contributed by atoms with Gasteiger partial charge in [0.1, 0.15) is 0 Å². The van der Waals surface area contributed by atoms with Gasteiger partial charge in [0.05, 0.1) is 10.2 Å². The molecule has 1 aromatic heterocycles. The Morgan fingerprint density at radius 1 is 1.07 bits per heavy atom. The van der Waals surface area contributed by atoms with Crippen molar-refractivity contribution in [3.63, 3.8) is 0 Å². The van der Waals surface area contributed by atoms with Crippen molar-refractivity contribution in [1.29, 1.82) is 0 Å². The Kier molecular flexibility index (Phi) is 5.80. The minimum Gasteiger partial charge on any atom is -0.322 e. The summed E-state index contributed by atoms with van der Waals surface area (Å²) in [5.74, 6) is 0.776. The maximum absolute atomic E-state index is 12.4. The van der Waals surface area contributed by atoms with Gasteiger partial charge in [0.2, 0.25) is 0 Å². The molecule has 3 nitrogen and oxygen atoms in total. The zero-order chi connectivity index (χ0) is 19.5. The summed E-state index contributed by atoms with van der Waals surface area (Å²) in [4.78, 5) is 17.1. The molecule has 1 amide bonds. The third-order valence-electron chi connectivity index (χ3n) is 4.22. The molecule has 28 heavy (non-hydrogen) atoms. The first-order valence-corrected chi connectivity index (χ1v) is 11.3. The van der Waals surface area contributed by atoms with Crippen LogP contribution < -0.4 is 5.32 Å². The van der Waals surface area contributed by atoms with E-state index in [1.807, 2.05) is 49.4 Å². The van der Waals surface area contributed by atoms with Crippen LogP contribution in [0.2, 0.25) is 0 Å². The number of hydrogen-bond donors (Lipinski definition) is 1. The second kappa shape index (κ2) is 8.47. The van der Waals surface area contributed by atoms with Gasteiger partial charge in [-0.25, -0.2) is 4.98 Å². The fraction of sp³-hybridized carbons (Fsp3) is 0.0909. The molecule has 1 heterocycles. The molecule has 4 aromatic rings. The maximum Gasteiger partial charge on any atom is 0.255 e. The lowest BCUT2D eigenvalue weighted by atomic mass is 10.1. The van der Waals surface area contributed by atoms with Gasteiger partial charge in [-0.2, -0.15) is 0 Å². The van der Waals surface area contributed by atoms with E-state index < -0.39 is 0 Å². The van der Waals surface area contributed by atoms with Crippen molar-refractivity contribution in [1.82, 2.24) is 4.98 Å². The van der Waals surface area contributed by atoms with Crippen LogP contribution in [0.3, 0.4) is 0 Å². The van der Waals surface area contributed by atoms with Crippen LogP contribution in [0.5, 0.6) is 0 Å². The molecule has 0 aliphatic rings. The monoisotopic (exact) mass is 468 g/mol. The lowest BCUT2D eigenvalue weighted by Crippen LogP contribution is -2.11. The second-order valence-corrected chi connectivity index (χ2v) is 9.57. The molecule has 6 heteroatoms. The van der Waals surface area contributed by atoms with E-state index >= 15 is 0 Å². The zero-order valence-electron chi connectivity index (χ0n) is 15.1. The highest BCUT2D eigenvalue weighted by Gasteiger charge is 2.09. The number of nitrogens with zero attached hydrogens (tertiary/aromatic N) is 1. The minimum atomic E-state index is -0.103. The predicted octanol–water partition coefficient (Wildman–Crippen LogP) is 6.91. The summed E-state index contributed by atoms with van der Waals surface area (Å²) in [5, 5.41) is 2.97. The highest BCUT2D eigenvalue weighted by atomic mass is 79.9. The number of rotatable bonds is 5. The third kappa shape index (κ3) is 4.63. The van der Waals surface area contributed by atoms with E-state index in [1.54, 1.807) is 23.1 Å². The predicted molar refractivity (Wildman–Crippen MR) is 122 cm³/mol. The normalized spacial score (nSPS) is 10.9. The molecule has 4 rings (SSSR count). The number of nitrogens with one attached hydrogen (secondary N) is 1. The van der Waals surface area contributed by atoms with Crippen LogP contribution in [0.4, 0.5) is 5.69 Å². The number of thioether (sulfide) groups is 1. The Bertz CT molecular complexity index is 1120. The molecule has 0 saturated carbocycles. The van der Waals surface area contributed by atoms with Crippen LogP contribution in [0.25, 0.3) is 10.2 Å². The first-order chi connectivity index (χ1) is 13.6. The van der Waals surface area contributed by atoms with Crippen molar-refractivity contribution in [2.45, 2.75) is 17.0 Å². The number of thiazole rings is 1. The molecule has 3 aromatic carbocycles. The molecular formula is C22H17BrN2OS2. The Balaban J connectivity index is 1.46. The summed E-state index contributed by atoms with van der Waals surface area (Å²) in [5.41, 5.74) is 4.79. The van der Waals surface area contributed by atoms with Crippen LogP contribution in [0.1, 0.15) is 21.5 Å². The fourth-order valence-corrected chi connectivity index (χ4v) is 5.00. The Morgan fingerprint density at radius 2 is 1.82 bits per heavy atom. The van der Waals surface area contributed by atoms with Gasteiger partial charge in [0.15, 0.2) is 4.34 Å². The number of amides is 1. The van der Waals surface area contributed by atoms with Crippen molar-refractivity contribution in [2.24, 2.45) is 0 Å². The summed E-state index contributed by atoms with van der Waals surface area (Å²) >= 11 is 6.84. The number of carbonyl (C=O) groups excluding carboxylic acids is 1. The molecule has 0 fully saturated rings. The van der Waals surface area contributed by atoms with Gasteiger partial charge in [-0.3, -0.25) is 4.79 Å². The Hall–Kier alpha value is -2.15. The van der Waals surface area contributed by atoms with Crippen molar-refractivity contribution in [3.05, 3.63) is 87.9 Å². The molecule has 140 valence electrons. The van der Waals surface area contributed by atoms with Crippen molar-refractivity contribution < 1.29 is 4.79 Å². The van der Waals surface area contributed by atoms with Crippen molar-refractivity contribution >= 4 is 60.8 Å². The lowest BCUT2D eigenvalue weighted by molar-refractivity contribution is 0.102. The third-order valence-corrected chi connectivity index (χ3v) is 6.98. The molecule has 0 spiro atoms. The second-order valence-electron chi connectivity index (χ2n) is 6.40. The number of anilines is 1. The number of hydrogen-bond acceptors (Lipinski definition) is 4. The summed E-state index contributed by atoms with van der Waals surface area (Å²) in [6.07, 6.45) is 0. The van der Waals surface area contributed by atoms with Gasteiger partial charge >= 0.3 is 0 Å². The van der Waals surface area contributed by atoms with E-state index in [0.717, 1.165) is 36.0 Å². The maximum atomic E-state index is 12.4. The van der Waals surface area contributed by atoms with E-state index in [2.05, 4.69) is 45.5 Å². The van der Waals surface area contributed by atoms with Crippen LogP contribution in [0.15, 0.2) is 75.5 Å². The average Bonchev–Trinajstić information content (AvgIpc) is 3.10. The first kappa shape index (κ1) is 19.2. The van der Waals surface area contributed by atoms with Gasteiger partial charge in [-0.15, -0.1) is 11.3 Å². The standard InChI is InChI=1S/C22H17BrN2OS2/c1-14-2-6-16(7-3-14)21(26)24-18-10-11-19-20(12-18)28-22(25-19)27-13-15-4-8-17(23)9-5-15/h2-12H,13H2,1H3,(H,24,26). The van der Waals surface area contributed by atoms with E-state index in [0.29, 0.717) is 5.56 Å². The minimum absolute atomic E-state index is 0.103. The Morgan fingerprint density at radius 3 is 2.57 bits per heavy atom. The van der Waals surface area contributed by atoms with E-state index in [1.165, 1.54) is 5.56 Å². The van der Waals surface area contributed by atoms with Crippen molar-refractivity contribution in [3.8, 4) is 0 Å². The molecule has 1 N–H and O–H groups in total. The zero-order valence-corrected chi connectivity index (χ0v) is 18.3. The number of fused-ring (bicyclic) bond motifs is 1. The largest absolute Gasteiger partial charge is 0.322 e. The van der Waals surface area contributed by atoms with Crippen LogP contribution >= 0.6 is 39.0 Å². The van der Waals surface area contributed by atoms with Crippen LogP contribution in [0, 0.1) is 6.92 Å².